The maximum Gasteiger partial charge on any atom is 0.248 e. The Hall–Kier alpha value is -1.13. The van der Waals surface area contributed by atoms with Gasteiger partial charge in [0, 0.05) is 18.3 Å². The van der Waals surface area contributed by atoms with Crippen LogP contribution in [0.1, 0.15) is 37.1 Å². The molecule has 2 N–H and O–H groups in total. The highest BCUT2D eigenvalue weighted by atomic mass is 16.3. The molecule has 4 nitrogen and oxygen atoms in total. The molecule has 17 heavy (non-hydrogen) atoms. The van der Waals surface area contributed by atoms with Gasteiger partial charge in [-0.15, -0.1) is 0 Å². The summed E-state index contributed by atoms with van der Waals surface area (Å²) in [6.07, 6.45) is 3.24. The number of aromatic amines is 1. The highest BCUT2D eigenvalue weighted by molar-refractivity contribution is 5.25. The zero-order valence-corrected chi connectivity index (χ0v) is 10.3. The smallest absolute Gasteiger partial charge is 0.248 e. The second-order valence-corrected chi connectivity index (χ2v) is 4.52. The number of aryl methyl sites for hydroxylation is 1. The Bertz CT molecular complexity index is 428. The third kappa shape index (κ3) is 2.58. The minimum atomic E-state index is -0.0318. The summed E-state index contributed by atoms with van der Waals surface area (Å²) in [6, 6.07) is 3.79. The zero-order valence-electron chi connectivity index (χ0n) is 10.3. The van der Waals surface area contributed by atoms with E-state index < -0.39 is 0 Å². The molecule has 1 atom stereocenters. The number of nitrogens with zero attached hydrogens (tertiary/aromatic N) is 1. The summed E-state index contributed by atoms with van der Waals surface area (Å²) in [5.74, 6) is 0. The van der Waals surface area contributed by atoms with Gasteiger partial charge in [0.2, 0.25) is 5.56 Å². The van der Waals surface area contributed by atoms with E-state index in [0.717, 1.165) is 31.5 Å². The standard InChI is InChI=1S/C13H20N2O2/c1-2-15(8-9-16)11-5-3-4-10-6-7-12(17)14-13(10)11/h6-7,11,16H,2-5,8-9H2,1H3,(H,14,17). The summed E-state index contributed by atoms with van der Waals surface area (Å²) in [7, 11) is 0. The largest absolute Gasteiger partial charge is 0.395 e. The van der Waals surface area contributed by atoms with E-state index in [1.165, 1.54) is 5.56 Å². The normalized spacial score (nSPS) is 19.4. The fourth-order valence-electron chi connectivity index (χ4n) is 2.69. The van der Waals surface area contributed by atoms with Gasteiger partial charge in [0.1, 0.15) is 0 Å². The van der Waals surface area contributed by atoms with Gasteiger partial charge in [-0.2, -0.15) is 0 Å². The lowest BCUT2D eigenvalue weighted by atomic mass is 9.91. The number of hydrogen-bond acceptors (Lipinski definition) is 3. The third-order valence-corrected chi connectivity index (χ3v) is 3.53. The number of H-pyrrole nitrogens is 1. The quantitative estimate of drug-likeness (QED) is 0.822. The third-order valence-electron chi connectivity index (χ3n) is 3.53. The molecule has 0 aromatic carbocycles. The first-order valence-corrected chi connectivity index (χ1v) is 6.33. The highest BCUT2D eigenvalue weighted by Crippen LogP contribution is 2.31. The Labute approximate surface area is 101 Å². The lowest BCUT2D eigenvalue weighted by molar-refractivity contribution is 0.142. The first-order chi connectivity index (χ1) is 8.26. The number of nitrogens with one attached hydrogen (secondary N) is 1. The van der Waals surface area contributed by atoms with Crippen molar-refractivity contribution < 1.29 is 5.11 Å². The molecule has 0 saturated heterocycles. The van der Waals surface area contributed by atoms with Crippen LogP contribution in [0.4, 0.5) is 0 Å². The van der Waals surface area contributed by atoms with Crippen molar-refractivity contribution in [2.45, 2.75) is 32.2 Å². The minimum Gasteiger partial charge on any atom is -0.395 e. The highest BCUT2D eigenvalue weighted by Gasteiger charge is 2.25. The van der Waals surface area contributed by atoms with Gasteiger partial charge in [-0.1, -0.05) is 13.0 Å². The van der Waals surface area contributed by atoms with E-state index in [9.17, 15) is 4.79 Å². The Balaban J connectivity index is 2.32. The zero-order chi connectivity index (χ0) is 12.3. The van der Waals surface area contributed by atoms with Gasteiger partial charge < -0.3 is 10.1 Å². The predicted octanol–water partition coefficient (Wildman–Crippen LogP) is 1.07. The van der Waals surface area contributed by atoms with Gasteiger partial charge in [0.25, 0.3) is 0 Å². The second kappa shape index (κ2) is 5.47. The maximum absolute atomic E-state index is 11.4. The molecule has 1 heterocycles. The molecular formula is C13H20N2O2. The van der Waals surface area contributed by atoms with E-state index in [4.69, 9.17) is 5.11 Å². The molecule has 2 rings (SSSR count). The Morgan fingerprint density at radius 1 is 1.53 bits per heavy atom. The summed E-state index contributed by atoms with van der Waals surface area (Å²) < 4.78 is 0. The van der Waals surface area contributed by atoms with Gasteiger partial charge in [-0.05, 0) is 31.4 Å². The molecule has 94 valence electrons. The average molecular weight is 236 g/mol. The molecule has 1 aromatic heterocycles. The molecule has 0 radical (unpaired) electrons. The Morgan fingerprint density at radius 3 is 3.06 bits per heavy atom. The van der Waals surface area contributed by atoms with Crippen LogP contribution in [0.5, 0.6) is 0 Å². The summed E-state index contributed by atoms with van der Waals surface area (Å²) in [5.41, 5.74) is 2.27. The van der Waals surface area contributed by atoms with Crippen molar-refractivity contribution in [2.75, 3.05) is 19.7 Å². The molecule has 4 heteroatoms. The van der Waals surface area contributed by atoms with E-state index in [1.807, 2.05) is 6.07 Å². The number of rotatable bonds is 4. The predicted molar refractivity (Wildman–Crippen MR) is 67.1 cm³/mol. The molecule has 1 unspecified atom stereocenters. The number of aromatic nitrogens is 1. The van der Waals surface area contributed by atoms with Crippen molar-refractivity contribution >= 4 is 0 Å². The van der Waals surface area contributed by atoms with Crippen molar-refractivity contribution in [3.8, 4) is 0 Å². The lowest BCUT2D eigenvalue weighted by Crippen LogP contribution is -2.35. The van der Waals surface area contributed by atoms with E-state index >= 15 is 0 Å². The van der Waals surface area contributed by atoms with Crippen LogP contribution < -0.4 is 5.56 Å². The van der Waals surface area contributed by atoms with Gasteiger partial charge in [0.05, 0.1) is 12.6 Å². The molecule has 0 amide bonds. The maximum atomic E-state index is 11.4. The average Bonchev–Trinajstić information content (AvgIpc) is 2.35. The lowest BCUT2D eigenvalue weighted by Gasteiger charge is -2.34. The fourth-order valence-corrected chi connectivity index (χ4v) is 2.69. The van der Waals surface area contributed by atoms with Crippen LogP contribution in [0, 0.1) is 0 Å². The number of aliphatic hydroxyl groups is 1. The van der Waals surface area contributed by atoms with Crippen molar-refractivity contribution in [1.29, 1.82) is 0 Å². The minimum absolute atomic E-state index is 0.0318. The van der Waals surface area contributed by atoms with E-state index in [2.05, 4.69) is 16.8 Å². The molecule has 1 aliphatic carbocycles. The van der Waals surface area contributed by atoms with Gasteiger partial charge in [0.15, 0.2) is 0 Å². The molecule has 0 bridgehead atoms. The summed E-state index contributed by atoms with van der Waals surface area (Å²) >= 11 is 0. The number of likely N-dealkylation sites (N-methyl/N-ethyl adjacent to an activating group) is 1. The van der Waals surface area contributed by atoms with Gasteiger partial charge in [-0.25, -0.2) is 0 Å². The van der Waals surface area contributed by atoms with Crippen LogP contribution in [0.25, 0.3) is 0 Å². The fraction of sp³-hybridized carbons (Fsp3) is 0.615. The van der Waals surface area contributed by atoms with E-state index in [0.29, 0.717) is 6.54 Å². The van der Waals surface area contributed by atoms with Crippen LogP contribution in [0.3, 0.4) is 0 Å². The monoisotopic (exact) mass is 236 g/mol. The number of fused-ring (bicyclic) bond motifs is 1. The summed E-state index contributed by atoms with van der Waals surface area (Å²) in [5, 5.41) is 9.09. The van der Waals surface area contributed by atoms with Crippen molar-refractivity contribution in [2.24, 2.45) is 0 Å². The van der Waals surface area contributed by atoms with E-state index in [-0.39, 0.29) is 18.2 Å². The van der Waals surface area contributed by atoms with Gasteiger partial charge >= 0.3 is 0 Å². The summed E-state index contributed by atoms with van der Waals surface area (Å²) in [6.45, 7) is 3.81. The molecule has 0 saturated carbocycles. The molecular weight excluding hydrogens is 216 g/mol. The van der Waals surface area contributed by atoms with E-state index in [1.54, 1.807) is 6.07 Å². The van der Waals surface area contributed by atoms with Crippen LogP contribution >= 0.6 is 0 Å². The van der Waals surface area contributed by atoms with Gasteiger partial charge in [-0.3, -0.25) is 9.69 Å². The molecule has 0 aliphatic heterocycles. The topological polar surface area (TPSA) is 56.3 Å². The SMILES string of the molecule is CCN(CCO)C1CCCc2ccc(=O)[nH]c21. The van der Waals surface area contributed by atoms with Crippen LogP contribution in [-0.4, -0.2) is 34.7 Å². The molecule has 0 spiro atoms. The summed E-state index contributed by atoms with van der Waals surface area (Å²) in [4.78, 5) is 16.6. The molecule has 0 fully saturated rings. The second-order valence-electron chi connectivity index (χ2n) is 4.52. The molecule has 1 aliphatic rings. The number of aliphatic hydroxyl groups excluding tert-OH is 1. The number of hydrogen-bond donors (Lipinski definition) is 2. The molecule has 1 aromatic rings. The van der Waals surface area contributed by atoms with Crippen LogP contribution in [-0.2, 0) is 6.42 Å². The Kier molecular flexibility index (Phi) is 3.97. The van der Waals surface area contributed by atoms with Crippen LogP contribution in [0.2, 0.25) is 0 Å². The van der Waals surface area contributed by atoms with Crippen molar-refractivity contribution in [3.05, 3.63) is 33.7 Å². The van der Waals surface area contributed by atoms with Crippen molar-refractivity contribution in [1.82, 2.24) is 9.88 Å². The van der Waals surface area contributed by atoms with Crippen LogP contribution in [0.15, 0.2) is 16.9 Å². The first kappa shape index (κ1) is 12.3. The Morgan fingerprint density at radius 2 is 2.35 bits per heavy atom. The number of pyridine rings is 1. The first-order valence-electron chi connectivity index (χ1n) is 6.33. The van der Waals surface area contributed by atoms with Crippen molar-refractivity contribution in [3.63, 3.8) is 0 Å².